The topological polar surface area (TPSA) is 73.1 Å². The van der Waals surface area contributed by atoms with Crippen molar-refractivity contribution in [2.75, 3.05) is 12.4 Å². The van der Waals surface area contributed by atoms with Crippen molar-refractivity contribution in [1.82, 2.24) is 0 Å². The SMILES string of the molecule is COc1ccc(NC(=O)C(C)O/N=C(\C)c2cc3ccccc3o2)cc1Cl. The van der Waals surface area contributed by atoms with Crippen molar-refractivity contribution in [3.63, 3.8) is 0 Å². The molecule has 27 heavy (non-hydrogen) atoms. The summed E-state index contributed by atoms with van der Waals surface area (Å²) in [5, 5.41) is 8.12. The Labute approximate surface area is 161 Å². The maximum Gasteiger partial charge on any atom is 0.267 e. The second-order valence-corrected chi connectivity index (χ2v) is 6.32. The van der Waals surface area contributed by atoms with Gasteiger partial charge in [0.1, 0.15) is 17.0 Å². The number of fused-ring (bicyclic) bond motifs is 1. The van der Waals surface area contributed by atoms with Gasteiger partial charge >= 0.3 is 0 Å². The zero-order valence-corrected chi connectivity index (χ0v) is 15.9. The van der Waals surface area contributed by atoms with Crippen LogP contribution in [-0.4, -0.2) is 24.8 Å². The Morgan fingerprint density at radius 3 is 2.70 bits per heavy atom. The van der Waals surface area contributed by atoms with Crippen molar-refractivity contribution in [1.29, 1.82) is 0 Å². The normalized spacial score (nSPS) is 12.7. The first kappa shape index (κ1) is 18.8. The van der Waals surface area contributed by atoms with Gasteiger partial charge in [-0.15, -0.1) is 0 Å². The fourth-order valence-electron chi connectivity index (χ4n) is 2.40. The molecule has 140 valence electrons. The lowest BCUT2D eigenvalue weighted by Crippen LogP contribution is -2.26. The molecule has 1 amide bonds. The van der Waals surface area contributed by atoms with Crippen LogP contribution in [0.3, 0.4) is 0 Å². The largest absolute Gasteiger partial charge is 0.495 e. The molecule has 0 fully saturated rings. The van der Waals surface area contributed by atoms with Crippen molar-refractivity contribution >= 4 is 39.9 Å². The summed E-state index contributed by atoms with van der Waals surface area (Å²) in [6.45, 7) is 3.36. The Kier molecular flexibility index (Phi) is 5.66. The number of nitrogens with one attached hydrogen (secondary N) is 1. The van der Waals surface area contributed by atoms with Gasteiger partial charge in [0.15, 0.2) is 5.76 Å². The van der Waals surface area contributed by atoms with Crippen LogP contribution >= 0.6 is 11.6 Å². The third-order valence-corrected chi connectivity index (χ3v) is 4.21. The average molecular weight is 387 g/mol. The monoisotopic (exact) mass is 386 g/mol. The predicted octanol–water partition coefficient (Wildman–Crippen LogP) is 4.86. The van der Waals surface area contributed by atoms with Gasteiger partial charge in [-0.1, -0.05) is 35.0 Å². The highest BCUT2D eigenvalue weighted by Crippen LogP contribution is 2.27. The number of amides is 1. The standard InChI is InChI=1S/C20H19ClN2O4/c1-12(19-10-14-6-4-5-7-17(14)26-19)23-27-13(2)20(24)22-15-8-9-18(25-3)16(21)11-15/h4-11,13H,1-3H3,(H,22,24)/b23-12+. The Balaban J connectivity index is 1.63. The molecule has 6 nitrogen and oxygen atoms in total. The molecule has 0 aliphatic heterocycles. The minimum atomic E-state index is -0.801. The number of methoxy groups -OCH3 is 1. The highest BCUT2D eigenvalue weighted by atomic mass is 35.5. The lowest BCUT2D eigenvalue weighted by atomic mass is 10.2. The second kappa shape index (κ2) is 8.14. The number of oxime groups is 1. The summed E-state index contributed by atoms with van der Waals surface area (Å²) in [5.41, 5.74) is 1.85. The van der Waals surface area contributed by atoms with Gasteiger partial charge in [-0.3, -0.25) is 4.79 Å². The summed E-state index contributed by atoms with van der Waals surface area (Å²) in [6, 6.07) is 14.5. The lowest BCUT2D eigenvalue weighted by molar-refractivity contribution is -0.126. The first-order chi connectivity index (χ1) is 13.0. The molecule has 1 unspecified atom stereocenters. The molecule has 1 N–H and O–H groups in total. The average Bonchev–Trinajstić information content (AvgIpc) is 3.10. The van der Waals surface area contributed by atoms with Gasteiger partial charge in [0.05, 0.1) is 12.1 Å². The van der Waals surface area contributed by atoms with Gasteiger partial charge in [0.25, 0.3) is 5.91 Å². The number of nitrogens with zero attached hydrogens (tertiary/aromatic N) is 1. The lowest BCUT2D eigenvalue weighted by Gasteiger charge is -2.12. The highest BCUT2D eigenvalue weighted by Gasteiger charge is 2.16. The molecule has 3 rings (SSSR count). The van der Waals surface area contributed by atoms with E-state index in [0.29, 0.717) is 27.9 Å². The van der Waals surface area contributed by atoms with Crippen molar-refractivity contribution in [2.24, 2.45) is 5.16 Å². The Hall–Kier alpha value is -2.99. The molecule has 1 atom stereocenters. The maximum atomic E-state index is 12.3. The van der Waals surface area contributed by atoms with E-state index >= 15 is 0 Å². The second-order valence-electron chi connectivity index (χ2n) is 5.91. The van der Waals surface area contributed by atoms with Gasteiger partial charge in [-0.05, 0) is 44.2 Å². The van der Waals surface area contributed by atoms with E-state index in [-0.39, 0.29) is 5.91 Å². The zero-order valence-electron chi connectivity index (χ0n) is 15.2. The number of anilines is 1. The van der Waals surface area contributed by atoms with E-state index in [1.165, 1.54) is 7.11 Å². The molecule has 0 saturated heterocycles. The van der Waals surface area contributed by atoms with Crippen LogP contribution in [0.2, 0.25) is 5.02 Å². The number of hydrogen-bond donors (Lipinski definition) is 1. The van der Waals surface area contributed by atoms with Crippen molar-refractivity contribution in [3.05, 3.63) is 59.3 Å². The van der Waals surface area contributed by atoms with Gasteiger partial charge in [-0.2, -0.15) is 0 Å². The number of para-hydroxylation sites is 1. The first-order valence-corrected chi connectivity index (χ1v) is 8.69. The number of benzene rings is 2. The smallest absolute Gasteiger partial charge is 0.267 e. The molecule has 0 spiro atoms. The molecule has 0 saturated carbocycles. The number of carbonyl (C=O) groups excluding carboxylic acids is 1. The number of carbonyl (C=O) groups is 1. The summed E-state index contributed by atoms with van der Waals surface area (Å²) < 4.78 is 10.8. The van der Waals surface area contributed by atoms with E-state index in [4.69, 9.17) is 25.6 Å². The van der Waals surface area contributed by atoms with Crippen LogP contribution in [0.5, 0.6) is 5.75 Å². The van der Waals surface area contributed by atoms with Crippen LogP contribution in [0.15, 0.2) is 58.1 Å². The van der Waals surface area contributed by atoms with E-state index in [9.17, 15) is 4.79 Å². The van der Waals surface area contributed by atoms with Crippen LogP contribution in [0.4, 0.5) is 5.69 Å². The number of halogens is 1. The third-order valence-electron chi connectivity index (χ3n) is 3.92. The van der Waals surface area contributed by atoms with Gasteiger partial charge < -0.3 is 19.3 Å². The van der Waals surface area contributed by atoms with Crippen LogP contribution in [0, 0.1) is 0 Å². The fraction of sp³-hybridized carbons (Fsp3) is 0.200. The van der Waals surface area contributed by atoms with E-state index in [0.717, 1.165) is 11.0 Å². The van der Waals surface area contributed by atoms with Gasteiger partial charge in [0, 0.05) is 11.1 Å². The zero-order chi connectivity index (χ0) is 19.4. The first-order valence-electron chi connectivity index (χ1n) is 8.31. The van der Waals surface area contributed by atoms with Crippen LogP contribution < -0.4 is 10.1 Å². The van der Waals surface area contributed by atoms with Gasteiger partial charge in [0.2, 0.25) is 6.10 Å². The Morgan fingerprint density at radius 1 is 1.22 bits per heavy atom. The molecule has 0 bridgehead atoms. The minimum Gasteiger partial charge on any atom is -0.495 e. The third kappa shape index (κ3) is 4.41. The molecule has 1 aromatic heterocycles. The summed E-state index contributed by atoms with van der Waals surface area (Å²) in [6.07, 6.45) is -0.801. The van der Waals surface area contributed by atoms with Crippen molar-refractivity contribution in [3.8, 4) is 5.75 Å². The highest BCUT2D eigenvalue weighted by molar-refractivity contribution is 6.32. The van der Waals surface area contributed by atoms with Gasteiger partial charge in [-0.25, -0.2) is 0 Å². The Morgan fingerprint density at radius 2 is 2.00 bits per heavy atom. The molecular formula is C20H19ClN2O4. The summed E-state index contributed by atoms with van der Waals surface area (Å²) in [7, 11) is 1.53. The Bertz CT molecular complexity index is 964. The minimum absolute atomic E-state index is 0.350. The number of furan rings is 1. The molecule has 0 radical (unpaired) electrons. The van der Waals surface area contributed by atoms with E-state index in [1.807, 2.05) is 30.3 Å². The summed E-state index contributed by atoms with van der Waals surface area (Å²) in [4.78, 5) is 17.6. The quantitative estimate of drug-likeness (QED) is 0.485. The van der Waals surface area contributed by atoms with E-state index < -0.39 is 6.10 Å². The van der Waals surface area contributed by atoms with E-state index in [2.05, 4.69) is 10.5 Å². The summed E-state index contributed by atoms with van der Waals surface area (Å²) >= 11 is 6.06. The molecular weight excluding hydrogens is 368 g/mol. The molecule has 0 aliphatic carbocycles. The van der Waals surface area contributed by atoms with Crippen LogP contribution in [0.1, 0.15) is 19.6 Å². The number of ether oxygens (including phenoxy) is 1. The molecule has 3 aromatic rings. The molecule has 0 aliphatic rings. The molecule has 2 aromatic carbocycles. The number of hydrogen-bond acceptors (Lipinski definition) is 5. The number of rotatable bonds is 6. The summed E-state index contributed by atoms with van der Waals surface area (Å²) in [5.74, 6) is 0.771. The van der Waals surface area contributed by atoms with E-state index in [1.54, 1.807) is 32.0 Å². The van der Waals surface area contributed by atoms with Crippen molar-refractivity contribution < 1.29 is 18.8 Å². The van der Waals surface area contributed by atoms with Crippen molar-refractivity contribution in [2.45, 2.75) is 20.0 Å². The fourth-order valence-corrected chi connectivity index (χ4v) is 2.66. The van der Waals surface area contributed by atoms with Crippen LogP contribution in [0.25, 0.3) is 11.0 Å². The maximum absolute atomic E-state index is 12.3. The molecule has 1 heterocycles. The predicted molar refractivity (Wildman–Crippen MR) is 106 cm³/mol. The van der Waals surface area contributed by atoms with Crippen LogP contribution in [-0.2, 0) is 9.63 Å². The molecule has 7 heteroatoms.